The molecule has 8 heteroatoms. The number of benzene rings is 1. The number of aryl methyl sites for hydroxylation is 1. The molecule has 0 saturated carbocycles. The molecular weight excluding hydrogens is 358 g/mol. The molecule has 3 rings (SSSR count). The lowest BCUT2D eigenvalue weighted by Crippen LogP contribution is -2.49. The number of carbonyl (C=O) groups is 2. The Morgan fingerprint density at radius 2 is 2.15 bits per heavy atom. The highest BCUT2D eigenvalue weighted by molar-refractivity contribution is 5.78. The Morgan fingerprint density at radius 3 is 2.85 bits per heavy atom. The Kier molecular flexibility index (Phi) is 5.53. The van der Waals surface area contributed by atoms with Gasteiger partial charge in [-0.1, -0.05) is 0 Å². The van der Waals surface area contributed by atoms with Crippen LogP contribution in [-0.2, 0) is 16.0 Å². The standard InChI is InChI=1S/C19H20F2N2O4/c1-11-13(19(25)26)3-2-8-23(11)18(24)7-6-17-22-10-16(27-17)14-5-4-12(20)9-15(14)21/h4-5,9-11,13H,2-3,6-8H2,1H3,(H,25,26)/t11-,13-/m1/s1. The minimum Gasteiger partial charge on any atom is -0.481 e. The summed E-state index contributed by atoms with van der Waals surface area (Å²) in [6, 6.07) is 2.79. The Bertz CT molecular complexity index is 852. The second-order valence-corrected chi connectivity index (χ2v) is 6.66. The van der Waals surface area contributed by atoms with Crippen molar-refractivity contribution in [3.8, 4) is 11.3 Å². The normalized spacial score (nSPS) is 19.9. The first-order valence-electron chi connectivity index (χ1n) is 8.79. The fourth-order valence-corrected chi connectivity index (χ4v) is 3.42. The van der Waals surface area contributed by atoms with Crippen molar-refractivity contribution in [3.05, 3.63) is 41.9 Å². The minimum absolute atomic E-state index is 0.0930. The molecule has 0 spiro atoms. The average molecular weight is 378 g/mol. The van der Waals surface area contributed by atoms with Crippen molar-refractivity contribution in [2.24, 2.45) is 5.92 Å². The molecule has 0 bridgehead atoms. The second kappa shape index (κ2) is 7.85. The van der Waals surface area contributed by atoms with E-state index in [2.05, 4.69) is 4.98 Å². The number of hydrogen-bond acceptors (Lipinski definition) is 4. The summed E-state index contributed by atoms with van der Waals surface area (Å²) in [7, 11) is 0. The van der Waals surface area contributed by atoms with E-state index in [0.717, 1.165) is 12.1 Å². The molecule has 2 atom stereocenters. The summed E-state index contributed by atoms with van der Waals surface area (Å²) in [5.74, 6) is -2.63. The van der Waals surface area contributed by atoms with Crippen LogP contribution in [0.1, 0.15) is 32.1 Å². The highest BCUT2D eigenvalue weighted by Gasteiger charge is 2.35. The highest BCUT2D eigenvalue weighted by atomic mass is 19.1. The van der Waals surface area contributed by atoms with Crippen LogP contribution in [0.2, 0.25) is 0 Å². The van der Waals surface area contributed by atoms with Crippen molar-refractivity contribution in [2.45, 2.75) is 38.6 Å². The van der Waals surface area contributed by atoms with Gasteiger partial charge in [0.05, 0.1) is 17.7 Å². The van der Waals surface area contributed by atoms with Gasteiger partial charge in [0.25, 0.3) is 0 Å². The number of piperidine rings is 1. The number of likely N-dealkylation sites (tertiary alicyclic amines) is 1. The molecule has 2 heterocycles. The van der Waals surface area contributed by atoms with Crippen LogP contribution < -0.4 is 0 Å². The number of aromatic nitrogens is 1. The van der Waals surface area contributed by atoms with Crippen LogP contribution in [0.3, 0.4) is 0 Å². The summed E-state index contributed by atoms with van der Waals surface area (Å²) in [5, 5.41) is 9.25. The number of carboxylic acid groups (broad SMARTS) is 1. The first kappa shape index (κ1) is 19.0. The van der Waals surface area contributed by atoms with E-state index in [1.54, 1.807) is 11.8 Å². The third-order valence-electron chi connectivity index (χ3n) is 4.93. The van der Waals surface area contributed by atoms with Crippen LogP contribution in [-0.4, -0.2) is 39.5 Å². The van der Waals surface area contributed by atoms with E-state index >= 15 is 0 Å². The van der Waals surface area contributed by atoms with E-state index < -0.39 is 23.5 Å². The minimum atomic E-state index is -0.890. The fourth-order valence-electron chi connectivity index (χ4n) is 3.42. The molecule has 1 aromatic carbocycles. The van der Waals surface area contributed by atoms with Gasteiger partial charge in [0.1, 0.15) is 11.6 Å². The number of amides is 1. The van der Waals surface area contributed by atoms with E-state index in [4.69, 9.17) is 4.42 Å². The lowest BCUT2D eigenvalue weighted by Gasteiger charge is -2.37. The largest absolute Gasteiger partial charge is 0.481 e. The third-order valence-corrected chi connectivity index (χ3v) is 4.93. The molecule has 144 valence electrons. The van der Waals surface area contributed by atoms with E-state index in [-0.39, 0.29) is 42.0 Å². The fraction of sp³-hybridized carbons (Fsp3) is 0.421. The molecule has 1 fully saturated rings. The van der Waals surface area contributed by atoms with Crippen molar-refractivity contribution >= 4 is 11.9 Å². The SMILES string of the molecule is C[C@@H]1[C@H](C(=O)O)CCCN1C(=O)CCc1ncc(-c2ccc(F)cc2F)o1. The zero-order chi connectivity index (χ0) is 19.6. The van der Waals surface area contributed by atoms with Crippen LogP contribution in [0, 0.1) is 17.6 Å². The maximum atomic E-state index is 13.8. The topological polar surface area (TPSA) is 83.6 Å². The molecule has 1 amide bonds. The number of oxazole rings is 1. The highest BCUT2D eigenvalue weighted by Crippen LogP contribution is 2.26. The molecule has 1 aromatic heterocycles. The average Bonchev–Trinajstić information content (AvgIpc) is 3.08. The molecule has 1 saturated heterocycles. The number of carbonyl (C=O) groups excluding carboxylic acids is 1. The quantitative estimate of drug-likeness (QED) is 0.863. The van der Waals surface area contributed by atoms with Gasteiger partial charge in [-0.25, -0.2) is 13.8 Å². The van der Waals surface area contributed by atoms with Crippen LogP contribution in [0.5, 0.6) is 0 Å². The number of halogens is 2. The molecule has 2 aromatic rings. The second-order valence-electron chi connectivity index (χ2n) is 6.66. The van der Waals surface area contributed by atoms with E-state index in [1.165, 1.54) is 12.3 Å². The zero-order valence-corrected chi connectivity index (χ0v) is 14.8. The van der Waals surface area contributed by atoms with Gasteiger partial charge in [-0.3, -0.25) is 9.59 Å². The van der Waals surface area contributed by atoms with Gasteiger partial charge in [-0.2, -0.15) is 0 Å². The number of rotatable bonds is 5. The van der Waals surface area contributed by atoms with E-state index in [0.29, 0.717) is 19.4 Å². The van der Waals surface area contributed by atoms with Gasteiger partial charge in [-0.05, 0) is 31.9 Å². The molecule has 1 aliphatic rings. The van der Waals surface area contributed by atoms with Gasteiger partial charge >= 0.3 is 5.97 Å². The lowest BCUT2D eigenvalue weighted by molar-refractivity contribution is -0.149. The number of hydrogen-bond donors (Lipinski definition) is 1. The Balaban J connectivity index is 1.63. The van der Waals surface area contributed by atoms with E-state index in [1.807, 2.05) is 0 Å². The van der Waals surface area contributed by atoms with Crippen molar-refractivity contribution < 1.29 is 27.9 Å². The Hall–Kier alpha value is -2.77. The summed E-state index contributed by atoms with van der Waals surface area (Å²) in [4.78, 5) is 29.4. The summed E-state index contributed by atoms with van der Waals surface area (Å²) in [6.45, 7) is 2.28. The lowest BCUT2D eigenvalue weighted by atomic mass is 9.90. The van der Waals surface area contributed by atoms with Gasteiger partial charge in [0.2, 0.25) is 5.91 Å². The van der Waals surface area contributed by atoms with Gasteiger partial charge in [0.15, 0.2) is 11.7 Å². The third kappa shape index (κ3) is 4.15. The monoisotopic (exact) mass is 378 g/mol. The first-order chi connectivity index (χ1) is 12.9. The van der Waals surface area contributed by atoms with Crippen molar-refractivity contribution in [1.29, 1.82) is 0 Å². The van der Waals surface area contributed by atoms with Crippen molar-refractivity contribution in [2.75, 3.05) is 6.54 Å². The van der Waals surface area contributed by atoms with Gasteiger partial charge < -0.3 is 14.4 Å². The molecule has 6 nitrogen and oxygen atoms in total. The predicted octanol–water partition coefficient (Wildman–Crippen LogP) is 3.26. The molecule has 0 unspecified atom stereocenters. The molecular formula is C19H20F2N2O4. The molecule has 0 radical (unpaired) electrons. The van der Waals surface area contributed by atoms with Crippen LogP contribution in [0.15, 0.2) is 28.8 Å². The van der Waals surface area contributed by atoms with Crippen molar-refractivity contribution in [3.63, 3.8) is 0 Å². The van der Waals surface area contributed by atoms with Crippen LogP contribution in [0.25, 0.3) is 11.3 Å². The maximum Gasteiger partial charge on any atom is 0.308 e. The summed E-state index contributed by atoms with van der Waals surface area (Å²) in [5.41, 5.74) is 0.0930. The van der Waals surface area contributed by atoms with Gasteiger partial charge in [0, 0.05) is 31.5 Å². The molecule has 0 aliphatic carbocycles. The predicted molar refractivity (Wildman–Crippen MR) is 91.7 cm³/mol. The molecule has 1 aliphatic heterocycles. The Morgan fingerprint density at radius 1 is 1.37 bits per heavy atom. The molecule has 1 N–H and O–H groups in total. The van der Waals surface area contributed by atoms with Crippen molar-refractivity contribution in [1.82, 2.24) is 9.88 Å². The van der Waals surface area contributed by atoms with Crippen LogP contribution in [0.4, 0.5) is 8.78 Å². The van der Waals surface area contributed by atoms with Gasteiger partial charge in [-0.15, -0.1) is 0 Å². The van der Waals surface area contributed by atoms with E-state index in [9.17, 15) is 23.5 Å². The smallest absolute Gasteiger partial charge is 0.308 e. The summed E-state index contributed by atoms with van der Waals surface area (Å²) < 4.78 is 32.3. The van der Waals surface area contributed by atoms with Crippen LogP contribution >= 0.6 is 0 Å². The number of carboxylic acids is 1. The maximum absolute atomic E-state index is 13.8. The zero-order valence-electron chi connectivity index (χ0n) is 14.8. The Labute approximate surface area is 154 Å². The first-order valence-corrected chi connectivity index (χ1v) is 8.79. The number of aliphatic carboxylic acids is 1. The number of nitrogens with zero attached hydrogens (tertiary/aromatic N) is 2. The molecule has 27 heavy (non-hydrogen) atoms. The summed E-state index contributed by atoms with van der Waals surface area (Å²) >= 11 is 0. The summed E-state index contributed by atoms with van der Waals surface area (Å²) in [6.07, 6.45) is 2.87.